The Kier molecular flexibility index (Phi) is 5.45. The molecule has 0 saturated heterocycles. The number of hydrogen-bond donors (Lipinski definition) is 0. The summed E-state index contributed by atoms with van der Waals surface area (Å²) >= 11 is 0. The maximum Gasteiger partial charge on any atom is 0.240 e. The topological polar surface area (TPSA) is 51.4 Å². The Morgan fingerprint density at radius 1 is 1.21 bits per heavy atom. The summed E-state index contributed by atoms with van der Waals surface area (Å²) < 4.78 is 23.7. The molecule has 0 aliphatic heterocycles. The van der Waals surface area contributed by atoms with Gasteiger partial charge in [0, 0.05) is 6.04 Å². The minimum atomic E-state index is -0.288. The van der Waals surface area contributed by atoms with Crippen LogP contribution in [0.25, 0.3) is 0 Å². The van der Waals surface area contributed by atoms with Crippen LogP contribution in [0.1, 0.15) is 44.3 Å². The van der Waals surface area contributed by atoms with Crippen molar-refractivity contribution in [2.75, 3.05) is 7.05 Å². The van der Waals surface area contributed by atoms with Gasteiger partial charge in [-0.05, 0) is 62.9 Å². The molecule has 1 saturated carbocycles. The van der Waals surface area contributed by atoms with Crippen LogP contribution in [0.4, 0.5) is 4.39 Å². The summed E-state index contributed by atoms with van der Waals surface area (Å²) in [4.78, 5) is 6.67. The van der Waals surface area contributed by atoms with Gasteiger partial charge in [-0.1, -0.05) is 12.1 Å². The molecule has 0 radical (unpaired) electrons. The second-order valence-electron chi connectivity index (χ2n) is 6.68. The summed E-state index contributed by atoms with van der Waals surface area (Å²) in [7, 11) is 2.11. The molecule has 3 rings (SSSR count). The van der Waals surface area contributed by atoms with Crippen molar-refractivity contribution in [1.29, 1.82) is 0 Å². The van der Waals surface area contributed by atoms with Gasteiger partial charge < -0.3 is 9.26 Å². The molecule has 0 unspecified atom stereocenters. The van der Waals surface area contributed by atoms with Crippen molar-refractivity contribution in [3.63, 3.8) is 0 Å². The molecular weight excluding hydrogens is 309 g/mol. The number of benzene rings is 1. The molecule has 0 bridgehead atoms. The third-order valence-electron chi connectivity index (χ3n) is 4.69. The van der Waals surface area contributed by atoms with Crippen molar-refractivity contribution in [2.24, 2.45) is 5.92 Å². The molecule has 5 nitrogen and oxygen atoms in total. The Bertz CT molecular complexity index is 636. The van der Waals surface area contributed by atoms with Crippen LogP contribution in [0, 0.1) is 11.7 Å². The second-order valence-corrected chi connectivity index (χ2v) is 6.68. The van der Waals surface area contributed by atoms with E-state index >= 15 is 0 Å². The van der Waals surface area contributed by atoms with E-state index in [0.717, 1.165) is 5.92 Å². The van der Waals surface area contributed by atoms with Crippen LogP contribution in [0.2, 0.25) is 0 Å². The fraction of sp³-hybridized carbons (Fsp3) is 0.556. The molecular formula is C18H24FN3O2. The fourth-order valence-corrected chi connectivity index (χ4v) is 3.12. The molecule has 0 amide bonds. The van der Waals surface area contributed by atoms with Crippen LogP contribution >= 0.6 is 0 Å². The number of hydrogen-bond acceptors (Lipinski definition) is 5. The monoisotopic (exact) mass is 333 g/mol. The van der Waals surface area contributed by atoms with Gasteiger partial charge in [0.25, 0.3) is 0 Å². The predicted octanol–water partition coefficient (Wildman–Crippen LogP) is 3.80. The summed E-state index contributed by atoms with van der Waals surface area (Å²) in [6.45, 7) is 3.18. The van der Waals surface area contributed by atoms with Gasteiger partial charge in [-0.3, -0.25) is 4.90 Å². The number of nitrogens with zero attached hydrogens (tertiary/aromatic N) is 3. The largest absolute Gasteiger partial charge is 0.485 e. The van der Waals surface area contributed by atoms with E-state index in [4.69, 9.17) is 9.26 Å². The van der Waals surface area contributed by atoms with E-state index in [1.165, 1.54) is 37.8 Å². The zero-order chi connectivity index (χ0) is 16.9. The highest BCUT2D eigenvalue weighted by atomic mass is 19.1. The Labute approximate surface area is 141 Å². The first-order chi connectivity index (χ1) is 11.6. The highest BCUT2D eigenvalue weighted by Gasteiger charge is 2.23. The molecule has 1 aromatic heterocycles. The zero-order valence-corrected chi connectivity index (χ0v) is 14.2. The summed E-state index contributed by atoms with van der Waals surface area (Å²) in [6.07, 6.45) is 5.03. The van der Waals surface area contributed by atoms with Crippen LogP contribution in [0.5, 0.6) is 5.75 Å². The maximum absolute atomic E-state index is 12.8. The van der Waals surface area contributed by atoms with E-state index in [-0.39, 0.29) is 12.4 Å². The molecule has 1 aromatic carbocycles. The molecule has 0 spiro atoms. The van der Waals surface area contributed by atoms with Crippen molar-refractivity contribution < 1.29 is 13.7 Å². The lowest BCUT2D eigenvalue weighted by Crippen LogP contribution is -2.34. The molecule has 24 heavy (non-hydrogen) atoms. The third-order valence-corrected chi connectivity index (χ3v) is 4.69. The Morgan fingerprint density at radius 3 is 2.62 bits per heavy atom. The number of ether oxygens (including phenoxy) is 1. The summed E-state index contributed by atoms with van der Waals surface area (Å²) in [6, 6.07) is 6.46. The van der Waals surface area contributed by atoms with Gasteiger partial charge in [0.15, 0.2) is 6.61 Å². The van der Waals surface area contributed by atoms with E-state index in [9.17, 15) is 4.39 Å². The Balaban J connectivity index is 1.49. The van der Waals surface area contributed by atoms with Crippen LogP contribution < -0.4 is 4.74 Å². The third kappa shape index (κ3) is 4.54. The molecule has 1 aliphatic carbocycles. The maximum atomic E-state index is 12.8. The second kappa shape index (κ2) is 7.75. The van der Waals surface area contributed by atoms with Crippen molar-refractivity contribution in [1.82, 2.24) is 15.0 Å². The molecule has 0 atom stereocenters. The summed E-state index contributed by atoms with van der Waals surface area (Å²) in [5, 5.41) is 3.95. The standard InChI is InChI=1S/C18H24FN3O2/c1-13-3-7-15(8-4-13)22(2)11-18-20-17(21-24-18)12-23-16-9-5-14(19)6-10-16/h5-6,9-10,13,15H,3-4,7-8,11-12H2,1-2H3. The van der Waals surface area contributed by atoms with Crippen molar-refractivity contribution >= 4 is 0 Å². The van der Waals surface area contributed by atoms with E-state index in [1.807, 2.05) is 0 Å². The van der Waals surface area contributed by atoms with Gasteiger partial charge in [0.05, 0.1) is 6.54 Å². The average molecular weight is 333 g/mol. The highest BCUT2D eigenvalue weighted by Crippen LogP contribution is 2.27. The smallest absolute Gasteiger partial charge is 0.240 e. The Morgan fingerprint density at radius 2 is 1.92 bits per heavy atom. The lowest BCUT2D eigenvalue weighted by atomic mass is 9.87. The van der Waals surface area contributed by atoms with Crippen molar-refractivity contribution in [3.8, 4) is 5.75 Å². The SMILES string of the molecule is CC1CCC(N(C)Cc2nc(COc3ccc(F)cc3)no2)CC1. The van der Waals surface area contributed by atoms with E-state index < -0.39 is 0 Å². The molecule has 1 fully saturated rings. The quantitative estimate of drug-likeness (QED) is 0.805. The van der Waals surface area contributed by atoms with Gasteiger partial charge in [0.1, 0.15) is 11.6 Å². The minimum absolute atomic E-state index is 0.208. The molecule has 0 N–H and O–H groups in total. The molecule has 130 valence electrons. The molecule has 6 heteroatoms. The molecule has 2 aromatic rings. The van der Waals surface area contributed by atoms with Gasteiger partial charge in [-0.15, -0.1) is 0 Å². The number of rotatable bonds is 6. The zero-order valence-electron chi connectivity index (χ0n) is 14.2. The first kappa shape index (κ1) is 16.9. The lowest BCUT2D eigenvalue weighted by molar-refractivity contribution is 0.148. The van der Waals surface area contributed by atoms with Crippen LogP contribution in [-0.4, -0.2) is 28.1 Å². The number of halogens is 1. The predicted molar refractivity (Wildman–Crippen MR) is 87.9 cm³/mol. The molecule has 1 aliphatic rings. The van der Waals surface area contributed by atoms with E-state index in [2.05, 4.69) is 29.0 Å². The first-order valence-electron chi connectivity index (χ1n) is 8.50. The van der Waals surface area contributed by atoms with Gasteiger partial charge >= 0.3 is 0 Å². The van der Waals surface area contributed by atoms with Crippen molar-refractivity contribution in [2.45, 2.75) is 51.8 Å². The van der Waals surface area contributed by atoms with Crippen LogP contribution in [-0.2, 0) is 13.2 Å². The number of aromatic nitrogens is 2. The van der Waals surface area contributed by atoms with Gasteiger partial charge in [-0.2, -0.15) is 4.98 Å². The van der Waals surface area contributed by atoms with Crippen LogP contribution in [0.3, 0.4) is 0 Å². The normalized spacial score (nSPS) is 21.2. The van der Waals surface area contributed by atoms with E-state index in [0.29, 0.717) is 30.1 Å². The highest BCUT2D eigenvalue weighted by molar-refractivity contribution is 5.22. The van der Waals surface area contributed by atoms with E-state index in [1.54, 1.807) is 12.1 Å². The molecule has 1 heterocycles. The van der Waals surface area contributed by atoms with Gasteiger partial charge in [-0.25, -0.2) is 4.39 Å². The fourth-order valence-electron chi connectivity index (χ4n) is 3.12. The minimum Gasteiger partial charge on any atom is -0.485 e. The Hall–Kier alpha value is -1.95. The summed E-state index contributed by atoms with van der Waals surface area (Å²) in [5.74, 6) is 2.24. The summed E-state index contributed by atoms with van der Waals surface area (Å²) in [5.41, 5.74) is 0. The van der Waals surface area contributed by atoms with Gasteiger partial charge in [0.2, 0.25) is 11.7 Å². The van der Waals surface area contributed by atoms with Crippen LogP contribution in [0.15, 0.2) is 28.8 Å². The lowest BCUT2D eigenvalue weighted by Gasteiger charge is -2.32. The van der Waals surface area contributed by atoms with Crippen molar-refractivity contribution in [3.05, 3.63) is 41.8 Å². The average Bonchev–Trinajstić information content (AvgIpc) is 3.02. The first-order valence-corrected chi connectivity index (χ1v) is 8.50.